The lowest BCUT2D eigenvalue weighted by atomic mass is 10.1. The van der Waals surface area contributed by atoms with Gasteiger partial charge in [0.2, 0.25) is 0 Å². The monoisotopic (exact) mass is 221 g/mol. The van der Waals surface area contributed by atoms with E-state index in [-0.39, 0.29) is 6.04 Å². The quantitative estimate of drug-likeness (QED) is 0.794. The van der Waals surface area contributed by atoms with E-state index in [1.807, 2.05) is 18.3 Å². The topological polar surface area (TPSA) is 42.1 Å². The van der Waals surface area contributed by atoms with Crippen LogP contribution in [0.15, 0.2) is 24.4 Å². The number of nitrogens with zero attached hydrogens (tertiary/aromatic N) is 2. The fourth-order valence-electron chi connectivity index (χ4n) is 1.71. The van der Waals surface area contributed by atoms with Gasteiger partial charge in [-0.2, -0.15) is 0 Å². The molecule has 0 fully saturated rings. The molecule has 3 nitrogen and oxygen atoms in total. The van der Waals surface area contributed by atoms with Crippen LogP contribution in [-0.4, -0.2) is 35.6 Å². The minimum absolute atomic E-state index is 0.258. The SMILES string of the molecule is CCC(N)C(C)N(C)CCc1ccccn1. The van der Waals surface area contributed by atoms with Crippen LogP contribution in [0.3, 0.4) is 0 Å². The Morgan fingerprint density at radius 2 is 2.19 bits per heavy atom. The number of aromatic nitrogens is 1. The van der Waals surface area contributed by atoms with Gasteiger partial charge in [-0.25, -0.2) is 0 Å². The van der Waals surface area contributed by atoms with Gasteiger partial charge in [-0.05, 0) is 32.5 Å². The molecule has 1 rings (SSSR count). The summed E-state index contributed by atoms with van der Waals surface area (Å²) in [7, 11) is 2.13. The van der Waals surface area contributed by atoms with Crippen molar-refractivity contribution in [3.05, 3.63) is 30.1 Å². The van der Waals surface area contributed by atoms with E-state index in [4.69, 9.17) is 5.73 Å². The Morgan fingerprint density at radius 3 is 2.75 bits per heavy atom. The van der Waals surface area contributed by atoms with Crippen molar-refractivity contribution >= 4 is 0 Å². The molecule has 0 radical (unpaired) electrons. The van der Waals surface area contributed by atoms with Crippen LogP contribution in [0.25, 0.3) is 0 Å². The van der Waals surface area contributed by atoms with Gasteiger partial charge in [-0.1, -0.05) is 13.0 Å². The second kappa shape index (κ2) is 6.61. The Hall–Kier alpha value is -0.930. The van der Waals surface area contributed by atoms with Crippen molar-refractivity contribution in [3.63, 3.8) is 0 Å². The van der Waals surface area contributed by atoms with Crippen molar-refractivity contribution in [2.24, 2.45) is 5.73 Å². The maximum Gasteiger partial charge on any atom is 0.0416 e. The smallest absolute Gasteiger partial charge is 0.0416 e. The molecule has 0 aliphatic carbocycles. The van der Waals surface area contributed by atoms with Gasteiger partial charge in [0.1, 0.15) is 0 Å². The third kappa shape index (κ3) is 3.91. The number of nitrogens with two attached hydrogens (primary N) is 1. The molecule has 0 saturated heterocycles. The van der Waals surface area contributed by atoms with Crippen LogP contribution in [-0.2, 0) is 6.42 Å². The van der Waals surface area contributed by atoms with E-state index in [1.165, 1.54) is 0 Å². The number of rotatable bonds is 6. The van der Waals surface area contributed by atoms with E-state index in [2.05, 4.69) is 36.8 Å². The summed E-state index contributed by atoms with van der Waals surface area (Å²) < 4.78 is 0. The summed E-state index contributed by atoms with van der Waals surface area (Å²) >= 11 is 0. The second-order valence-corrected chi connectivity index (χ2v) is 4.36. The molecule has 0 spiro atoms. The first-order valence-electron chi connectivity index (χ1n) is 6.01. The van der Waals surface area contributed by atoms with Gasteiger partial charge in [0.25, 0.3) is 0 Å². The second-order valence-electron chi connectivity index (χ2n) is 4.36. The highest BCUT2D eigenvalue weighted by Gasteiger charge is 2.15. The summed E-state index contributed by atoms with van der Waals surface area (Å²) in [5, 5.41) is 0. The third-order valence-corrected chi connectivity index (χ3v) is 3.23. The molecule has 2 unspecified atom stereocenters. The fourth-order valence-corrected chi connectivity index (χ4v) is 1.71. The lowest BCUT2D eigenvalue weighted by molar-refractivity contribution is 0.225. The predicted octanol–water partition coefficient (Wildman–Crippen LogP) is 1.68. The first-order chi connectivity index (χ1) is 7.65. The molecule has 2 atom stereocenters. The predicted molar refractivity (Wildman–Crippen MR) is 68.3 cm³/mol. The molecule has 90 valence electrons. The molecule has 2 N–H and O–H groups in total. The molecule has 0 amide bonds. The average Bonchev–Trinajstić information content (AvgIpc) is 2.35. The first-order valence-corrected chi connectivity index (χ1v) is 6.01. The molecule has 0 saturated carbocycles. The van der Waals surface area contributed by atoms with Gasteiger partial charge in [0.15, 0.2) is 0 Å². The van der Waals surface area contributed by atoms with Crippen LogP contribution in [0, 0.1) is 0 Å². The van der Waals surface area contributed by atoms with Crippen LogP contribution in [0.4, 0.5) is 0 Å². The summed E-state index contributed by atoms with van der Waals surface area (Å²) in [5.41, 5.74) is 7.17. The van der Waals surface area contributed by atoms with Gasteiger partial charge < -0.3 is 10.6 Å². The third-order valence-electron chi connectivity index (χ3n) is 3.23. The molecule has 16 heavy (non-hydrogen) atoms. The van der Waals surface area contributed by atoms with Gasteiger partial charge in [0, 0.05) is 36.9 Å². The Bertz CT molecular complexity index is 286. The van der Waals surface area contributed by atoms with Crippen molar-refractivity contribution in [1.29, 1.82) is 0 Å². The summed E-state index contributed by atoms with van der Waals surface area (Å²) in [6.07, 6.45) is 3.85. The summed E-state index contributed by atoms with van der Waals surface area (Å²) in [5.74, 6) is 0. The van der Waals surface area contributed by atoms with Gasteiger partial charge in [0.05, 0.1) is 0 Å². The van der Waals surface area contributed by atoms with E-state index >= 15 is 0 Å². The number of pyridine rings is 1. The molecule has 0 aliphatic heterocycles. The zero-order valence-corrected chi connectivity index (χ0v) is 10.6. The minimum Gasteiger partial charge on any atom is -0.326 e. The van der Waals surface area contributed by atoms with Crippen molar-refractivity contribution < 1.29 is 0 Å². The largest absolute Gasteiger partial charge is 0.326 e. The van der Waals surface area contributed by atoms with Crippen LogP contribution < -0.4 is 5.73 Å². The molecule has 0 bridgehead atoms. The molecule has 1 aromatic rings. The van der Waals surface area contributed by atoms with Gasteiger partial charge in [-0.3, -0.25) is 4.98 Å². The normalized spacial score (nSPS) is 15.1. The molecule has 1 aromatic heterocycles. The van der Waals surface area contributed by atoms with Crippen LogP contribution >= 0.6 is 0 Å². The Kier molecular flexibility index (Phi) is 5.43. The maximum absolute atomic E-state index is 6.03. The van der Waals surface area contributed by atoms with Crippen LogP contribution in [0.5, 0.6) is 0 Å². The Labute approximate surface area is 98.7 Å². The van der Waals surface area contributed by atoms with Crippen LogP contribution in [0.2, 0.25) is 0 Å². The summed E-state index contributed by atoms with van der Waals surface area (Å²) in [4.78, 5) is 6.63. The summed E-state index contributed by atoms with van der Waals surface area (Å²) in [6.45, 7) is 5.33. The number of hydrogen-bond donors (Lipinski definition) is 1. The Balaban J connectivity index is 2.38. The molecule has 1 heterocycles. The van der Waals surface area contributed by atoms with Crippen molar-refractivity contribution in [3.8, 4) is 0 Å². The van der Waals surface area contributed by atoms with E-state index < -0.39 is 0 Å². The molecule has 0 aliphatic rings. The van der Waals surface area contributed by atoms with E-state index in [9.17, 15) is 0 Å². The van der Waals surface area contributed by atoms with Crippen molar-refractivity contribution in [2.75, 3.05) is 13.6 Å². The van der Waals surface area contributed by atoms with Gasteiger partial charge in [-0.15, -0.1) is 0 Å². The fraction of sp³-hybridized carbons (Fsp3) is 0.615. The van der Waals surface area contributed by atoms with Gasteiger partial charge >= 0.3 is 0 Å². The van der Waals surface area contributed by atoms with Crippen molar-refractivity contribution in [1.82, 2.24) is 9.88 Å². The first kappa shape index (κ1) is 13.1. The summed E-state index contributed by atoms with van der Waals surface area (Å²) in [6, 6.07) is 6.73. The van der Waals surface area contributed by atoms with E-state index in [0.717, 1.165) is 25.1 Å². The number of likely N-dealkylation sites (N-methyl/N-ethyl adjacent to an activating group) is 1. The highest BCUT2D eigenvalue weighted by atomic mass is 15.1. The molecular weight excluding hydrogens is 198 g/mol. The zero-order chi connectivity index (χ0) is 12.0. The Morgan fingerprint density at radius 1 is 1.44 bits per heavy atom. The average molecular weight is 221 g/mol. The lowest BCUT2D eigenvalue weighted by Crippen LogP contribution is -2.44. The molecular formula is C13H23N3. The minimum atomic E-state index is 0.258. The maximum atomic E-state index is 6.03. The zero-order valence-electron chi connectivity index (χ0n) is 10.6. The number of hydrogen-bond acceptors (Lipinski definition) is 3. The van der Waals surface area contributed by atoms with E-state index in [0.29, 0.717) is 6.04 Å². The van der Waals surface area contributed by atoms with Crippen molar-refractivity contribution in [2.45, 2.75) is 38.8 Å². The van der Waals surface area contributed by atoms with E-state index in [1.54, 1.807) is 0 Å². The highest BCUT2D eigenvalue weighted by molar-refractivity contribution is 5.03. The highest BCUT2D eigenvalue weighted by Crippen LogP contribution is 2.05. The molecule has 3 heteroatoms. The molecule has 0 aromatic carbocycles. The van der Waals surface area contributed by atoms with Crippen LogP contribution in [0.1, 0.15) is 26.0 Å². The standard InChI is InChI=1S/C13H23N3/c1-4-13(14)11(2)16(3)10-8-12-7-5-6-9-15-12/h5-7,9,11,13H,4,8,10,14H2,1-3H3. The lowest BCUT2D eigenvalue weighted by Gasteiger charge is -2.28.